The van der Waals surface area contributed by atoms with Gasteiger partial charge in [0.05, 0.1) is 0 Å². The van der Waals surface area contributed by atoms with Crippen molar-refractivity contribution in [3.05, 3.63) is 70.8 Å². The summed E-state index contributed by atoms with van der Waals surface area (Å²) in [6, 6.07) is 17.4. The molecule has 1 nitrogen and oxygen atoms in total. The molecule has 0 saturated heterocycles. The van der Waals surface area contributed by atoms with Crippen molar-refractivity contribution in [2.45, 2.75) is 39.0 Å². The SMILES string of the molecule is Cc1ccccc1C(C)C(CCN)c1ccccc1C. The molecule has 106 valence electrons. The molecular weight excluding hydrogens is 242 g/mol. The zero-order chi connectivity index (χ0) is 14.5. The lowest BCUT2D eigenvalue weighted by molar-refractivity contribution is 0.537. The highest BCUT2D eigenvalue weighted by Gasteiger charge is 2.22. The summed E-state index contributed by atoms with van der Waals surface area (Å²) >= 11 is 0. The lowest BCUT2D eigenvalue weighted by Crippen LogP contribution is -2.15. The van der Waals surface area contributed by atoms with E-state index in [0.29, 0.717) is 11.8 Å². The Morgan fingerprint density at radius 3 is 1.85 bits per heavy atom. The predicted octanol–water partition coefficient (Wildman–Crippen LogP) is 4.54. The zero-order valence-corrected chi connectivity index (χ0v) is 12.8. The third-order valence-corrected chi connectivity index (χ3v) is 4.35. The Morgan fingerprint density at radius 2 is 1.35 bits per heavy atom. The minimum atomic E-state index is 0.487. The van der Waals surface area contributed by atoms with Crippen molar-refractivity contribution in [1.82, 2.24) is 0 Å². The first-order valence-corrected chi connectivity index (χ1v) is 7.46. The van der Waals surface area contributed by atoms with Crippen molar-refractivity contribution in [2.24, 2.45) is 5.73 Å². The molecule has 0 aliphatic heterocycles. The number of aryl methyl sites for hydroxylation is 2. The van der Waals surface area contributed by atoms with Gasteiger partial charge in [-0.25, -0.2) is 0 Å². The van der Waals surface area contributed by atoms with Crippen LogP contribution in [0, 0.1) is 13.8 Å². The Bertz CT molecular complexity index is 559. The van der Waals surface area contributed by atoms with E-state index in [9.17, 15) is 0 Å². The van der Waals surface area contributed by atoms with Crippen molar-refractivity contribution in [1.29, 1.82) is 0 Å². The van der Waals surface area contributed by atoms with Crippen molar-refractivity contribution in [3.63, 3.8) is 0 Å². The van der Waals surface area contributed by atoms with Gasteiger partial charge in [0.25, 0.3) is 0 Å². The van der Waals surface area contributed by atoms with Gasteiger partial charge in [0.15, 0.2) is 0 Å². The molecule has 0 heterocycles. The van der Waals surface area contributed by atoms with E-state index < -0.39 is 0 Å². The normalized spacial score (nSPS) is 14.0. The van der Waals surface area contributed by atoms with Crippen molar-refractivity contribution in [3.8, 4) is 0 Å². The fourth-order valence-electron chi connectivity index (χ4n) is 3.17. The largest absolute Gasteiger partial charge is 0.330 e. The first kappa shape index (κ1) is 14.8. The Morgan fingerprint density at radius 1 is 0.850 bits per heavy atom. The first-order valence-electron chi connectivity index (χ1n) is 7.46. The summed E-state index contributed by atoms with van der Waals surface area (Å²) in [6.45, 7) is 7.46. The van der Waals surface area contributed by atoms with Crippen LogP contribution in [0.3, 0.4) is 0 Å². The van der Waals surface area contributed by atoms with E-state index >= 15 is 0 Å². The smallest absolute Gasteiger partial charge is 0.00712 e. The Labute approximate surface area is 122 Å². The second-order valence-electron chi connectivity index (χ2n) is 5.69. The molecule has 0 bridgehead atoms. The van der Waals surface area contributed by atoms with Gasteiger partial charge < -0.3 is 5.73 Å². The lowest BCUT2D eigenvalue weighted by atomic mass is 9.78. The highest BCUT2D eigenvalue weighted by atomic mass is 14.5. The highest BCUT2D eigenvalue weighted by Crippen LogP contribution is 2.37. The predicted molar refractivity (Wildman–Crippen MR) is 87.2 cm³/mol. The summed E-state index contributed by atoms with van der Waals surface area (Å²) in [7, 11) is 0. The molecule has 2 atom stereocenters. The Kier molecular flexibility index (Phi) is 4.97. The molecule has 2 rings (SSSR count). The van der Waals surface area contributed by atoms with Crippen molar-refractivity contribution in [2.75, 3.05) is 6.54 Å². The van der Waals surface area contributed by atoms with Crippen LogP contribution in [0.25, 0.3) is 0 Å². The molecule has 2 aromatic carbocycles. The van der Waals surface area contributed by atoms with Gasteiger partial charge in [-0.05, 0) is 60.9 Å². The van der Waals surface area contributed by atoms with Crippen LogP contribution >= 0.6 is 0 Å². The summed E-state index contributed by atoms with van der Waals surface area (Å²) in [6.07, 6.45) is 1.03. The summed E-state index contributed by atoms with van der Waals surface area (Å²) in [5.41, 5.74) is 11.5. The average molecular weight is 267 g/mol. The van der Waals surface area contributed by atoms with E-state index in [-0.39, 0.29) is 0 Å². The maximum Gasteiger partial charge on any atom is -0.00712 e. The molecule has 0 spiro atoms. The van der Waals surface area contributed by atoms with E-state index in [4.69, 9.17) is 5.73 Å². The van der Waals surface area contributed by atoms with Gasteiger partial charge >= 0.3 is 0 Å². The highest BCUT2D eigenvalue weighted by molar-refractivity contribution is 5.36. The van der Waals surface area contributed by atoms with Gasteiger partial charge in [-0.15, -0.1) is 0 Å². The molecule has 2 N–H and O–H groups in total. The molecule has 0 aliphatic carbocycles. The molecular formula is C19H25N. The van der Waals surface area contributed by atoms with Crippen LogP contribution in [-0.2, 0) is 0 Å². The molecule has 0 amide bonds. The fraction of sp³-hybridized carbons (Fsp3) is 0.368. The van der Waals surface area contributed by atoms with Gasteiger partial charge in [-0.2, -0.15) is 0 Å². The van der Waals surface area contributed by atoms with Crippen LogP contribution in [0.15, 0.2) is 48.5 Å². The molecule has 0 aromatic heterocycles. The molecule has 1 heteroatoms. The summed E-state index contributed by atoms with van der Waals surface area (Å²) < 4.78 is 0. The van der Waals surface area contributed by atoms with Gasteiger partial charge in [-0.3, -0.25) is 0 Å². The number of hydrogen-bond acceptors (Lipinski definition) is 1. The van der Waals surface area contributed by atoms with Crippen LogP contribution in [0.4, 0.5) is 0 Å². The zero-order valence-electron chi connectivity index (χ0n) is 12.8. The number of nitrogens with two attached hydrogens (primary N) is 1. The van der Waals surface area contributed by atoms with E-state index in [1.54, 1.807) is 0 Å². The minimum absolute atomic E-state index is 0.487. The van der Waals surface area contributed by atoms with Gasteiger partial charge in [0, 0.05) is 0 Å². The van der Waals surface area contributed by atoms with Crippen molar-refractivity contribution >= 4 is 0 Å². The molecule has 2 unspecified atom stereocenters. The van der Waals surface area contributed by atoms with Crippen LogP contribution in [0.5, 0.6) is 0 Å². The van der Waals surface area contributed by atoms with Crippen molar-refractivity contribution < 1.29 is 0 Å². The van der Waals surface area contributed by atoms with Crippen LogP contribution in [-0.4, -0.2) is 6.54 Å². The number of benzene rings is 2. The minimum Gasteiger partial charge on any atom is -0.330 e. The van der Waals surface area contributed by atoms with E-state index in [2.05, 4.69) is 69.3 Å². The maximum absolute atomic E-state index is 5.87. The number of hydrogen-bond donors (Lipinski definition) is 1. The first-order chi connectivity index (χ1) is 9.65. The number of rotatable bonds is 5. The summed E-state index contributed by atoms with van der Waals surface area (Å²) in [4.78, 5) is 0. The van der Waals surface area contributed by atoms with E-state index in [1.165, 1.54) is 22.3 Å². The van der Waals surface area contributed by atoms with Crippen LogP contribution in [0.2, 0.25) is 0 Å². The van der Waals surface area contributed by atoms with Crippen LogP contribution in [0.1, 0.15) is 47.4 Å². The topological polar surface area (TPSA) is 26.0 Å². The van der Waals surface area contributed by atoms with E-state index in [0.717, 1.165) is 13.0 Å². The summed E-state index contributed by atoms with van der Waals surface area (Å²) in [5.74, 6) is 0.975. The monoisotopic (exact) mass is 267 g/mol. The molecule has 0 fully saturated rings. The molecule has 0 saturated carbocycles. The molecule has 0 aliphatic rings. The second kappa shape index (κ2) is 6.71. The lowest BCUT2D eigenvalue weighted by Gasteiger charge is -2.27. The molecule has 0 radical (unpaired) electrons. The third kappa shape index (κ3) is 3.10. The quantitative estimate of drug-likeness (QED) is 0.845. The average Bonchev–Trinajstić information content (AvgIpc) is 2.46. The van der Waals surface area contributed by atoms with Gasteiger partial charge in [-0.1, -0.05) is 55.5 Å². The molecule has 20 heavy (non-hydrogen) atoms. The third-order valence-electron chi connectivity index (χ3n) is 4.35. The molecule has 2 aromatic rings. The van der Waals surface area contributed by atoms with Gasteiger partial charge in [0.1, 0.15) is 0 Å². The maximum atomic E-state index is 5.87. The Hall–Kier alpha value is -1.60. The van der Waals surface area contributed by atoms with Gasteiger partial charge in [0.2, 0.25) is 0 Å². The second-order valence-corrected chi connectivity index (χ2v) is 5.69. The van der Waals surface area contributed by atoms with E-state index in [1.807, 2.05) is 0 Å². The summed E-state index contributed by atoms with van der Waals surface area (Å²) in [5, 5.41) is 0. The van der Waals surface area contributed by atoms with Crippen LogP contribution < -0.4 is 5.73 Å². The Balaban J connectivity index is 2.39. The standard InChI is InChI=1S/C19H25N/c1-14-8-4-6-10-17(14)16(3)19(12-13-20)18-11-7-5-9-15(18)2/h4-11,16,19H,12-13,20H2,1-3H3. The fourth-order valence-corrected chi connectivity index (χ4v) is 3.17.